The van der Waals surface area contributed by atoms with Gasteiger partial charge in [0, 0.05) is 62.2 Å². The van der Waals surface area contributed by atoms with E-state index in [2.05, 4.69) is 0 Å². The minimum Gasteiger partial charge on any atom is -0.870 e. The van der Waals surface area contributed by atoms with Gasteiger partial charge in [-0.15, -0.1) is 0 Å². The van der Waals surface area contributed by atoms with Crippen molar-refractivity contribution < 1.29 is 83.5 Å². The van der Waals surface area contributed by atoms with Crippen LogP contribution < -0.4 is 29.6 Å². The topological polar surface area (TPSA) is 149 Å². The molecule has 8 bridgehead atoms. The number of methoxy groups -OCH3 is 1. The Morgan fingerprint density at radius 1 is 0.615 bits per heavy atom. The average Bonchev–Trinajstić information content (AvgIpc) is 3.58. The number of carboxylic acids is 1. The number of aliphatic carboxylic acids is 1. The van der Waals surface area contributed by atoms with Crippen LogP contribution >= 0.6 is 0 Å². The molecule has 2 saturated heterocycles. The van der Waals surface area contributed by atoms with Crippen LogP contribution in [-0.2, 0) is 43.3 Å². The average molecular weight is 747 g/mol. The Morgan fingerprint density at radius 3 is 1.33 bits per heavy atom. The molecule has 12 heteroatoms. The van der Waals surface area contributed by atoms with E-state index in [4.69, 9.17) is 38.9 Å². The molecule has 0 aromatic heterocycles. The van der Waals surface area contributed by atoms with E-state index < -0.39 is 29.1 Å². The predicted octanol–water partition coefficient (Wildman–Crippen LogP) is 5.78. The first kappa shape index (κ1) is 44.4. The van der Waals surface area contributed by atoms with E-state index in [1.165, 1.54) is 71.3 Å². The zero-order valence-electron chi connectivity index (χ0n) is 29.5. The molecule has 0 radical (unpaired) electrons. The summed E-state index contributed by atoms with van der Waals surface area (Å²) in [6, 6.07) is 0. The molecular weight excluding hydrogens is 679 g/mol. The van der Waals surface area contributed by atoms with Gasteiger partial charge in [-0.05, 0) is 125 Å². The third-order valence-electron chi connectivity index (χ3n) is 14.6. The number of carboxylic acid groups (broad SMARTS) is 1. The van der Waals surface area contributed by atoms with Gasteiger partial charge in [0.2, 0.25) is 23.1 Å². The van der Waals surface area contributed by atoms with Crippen molar-refractivity contribution in [3.05, 3.63) is 0 Å². The summed E-state index contributed by atoms with van der Waals surface area (Å²) in [5.41, 5.74) is 0. The molecule has 0 amide bonds. The monoisotopic (exact) mass is 746 g/mol. The molecule has 4 atom stereocenters. The fraction of sp³-hybridized carbons (Fsp3) is 0.950. The van der Waals surface area contributed by atoms with Crippen molar-refractivity contribution in [1.82, 2.24) is 0 Å². The standard InChI is InChI=1S/C19H28O5.C18H26O5.3CH4.Na.H2O/c1-21-17(20)10-12-3-2-4-18(11-12)22-19(24-23-18)15-6-13-5-14(8-15)9-16(19)7-13;19-16(20)9-11-2-1-3-17(10-11)21-18(23-22-17)14-5-12-4-13(7-14)8-15(18)6-12;;;;;/h12-16H,2-11H2,1H3;11-15H,1-10H2,(H,19,20);3*1H4;;1H2/q;;;;;+1;/p-1/t12-,13?,14?,15?,16?,18+,19?;11-,12?,13?,14?,15?,17+,18?;;;;;/m00...../s1. The fourth-order valence-electron chi connectivity index (χ4n) is 13.1. The first-order chi connectivity index (χ1) is 22.7. The molecule has 0 aromatic carbocycles. The minimum atomic E-state index is -0.727. The van der Waals surface area contributed by atoms with Gasteiger partial charge in [0.15, 0.2) is 0 Å². The zero-order valence-corrected chi connectivity index (χ0v) is 31.5. The second-order valence-corrected chi connectivity index (χ2v) is 17.7. The summed E-state index contributed by atoms with van der Waals surface area (Å²) in [5, 5.41) is 9.09. The maximum absolute atomic E-state index is 11.6. The summed E-state index contributed by atoms with van der Waals surface area (Å²) >= 11 is 0. The number of ether oxygens (including phenoxy) is 3. The second kappa shape index (κ2) is 16.6. The Hall–Kier alpha value is -0.340. The Kier molecular flexibility index (Phi) is 14.2. The first-order valence-electron chi connectivity index (χ1n) is 19.1. The number of esters is 1. The van der Waals surface area contributed by atoms with Crippen molar-refractivity contribution in [2.45, 2.75) is 174 Å². The van der Waals surface area contributed by atoms with Crippen LogP contribution in [0.5, 0.6) is 0 Å². The molecule has 2 aliphatic heterocycles. The number of carbonyl (C=O) groups is 2. The molecule has 294 valence electrons. The molecule has 2 heterocycles. The molecule has 12 fully saturated rings. The summed E-state index contributed by atoms with van der Waals surface area (Å²) in [6.07, 6.45) is 20.3. The van der Waals surface area contributed by atoms with E-state index in [0.717, 1.165) is 68.6 Å². The Morgan fingerprint density at radius 2 is 0.981 bits per heavy atom. The molecule has 0 aromatic rings. The quantitative estimate of drug-likeness (QED) is 0.212. The molecule has 12 aliphatic rings. The van der Waals surface area contributed by atoms with Crippen LogP contribution in [0.15, 0.2) is 0 Å². The first-order valence-corrected chi connectivity index (χ1v) is 19.1. The van der Waals surface area contributed by atoms with Crippen LogP contribution in [0.25, 0.3) is 0 Å². The van der Waals surface area contributed by atoms with Gasteiger partial charge >= 0.3 is 41.5 Å². The van der Waals surface area contributed by atoms with Gasteiger partial charge in [-0.3, -0.25) is 9.59 Å². The third kappa shape index (κ3) is 7.69. The summed E-state index contributed by atoms with van der Waals surface area (Å²) in [6.45, 7) is 0. The van der Waals surface area contributed by atoms with E-state index in [9.17, 15) is 9.59 Å². The van der Waals surface area contributed by atoms with Gasteiger partial charge in [-0.2, -0.15) is 19.6 Å². The van der Waals surface area contributed by atoms with E-state index >= 15 is 0 Å². The van der Waals surface area contributed by atoms with Crippen LogP contribution in [0.1, 0.15) is 151 Å². The van der Waals surface area contributed by atoms with E-state index in [0.29, 0.717) is 36.5 Å². The molecule has 52 heavy (non-hydrogen) atoms. The summed E-state index contributed by atoms with van der Waals surface area (Å²) in [7, 11) is 1.45. The number of rotatable bonds is 4. The molecule has 10 saturated carbocycles. The Labute approximate surface area is 334 Å². The summed E-state index contributed by atoms with van der Waals surface area (Å²) in [5.74, 6) is 2.59. The summed E-state index contributed by atoms with van der Waals surface area (Å²) < 4.78 is 18.2. The van der Waals surface area contributed by atoms with E-state index in [1.54, 1.807) is 0 Å². The zero-order chi connectivity index (χ0) is 32.0. The van der Waals surface area contributed by atoms with Gasteiger partial charge < -0.3 is 24.8 Å². The van der Waals surface area contributed by atoms with Gasteiger partial charge in [0.25, 0.3) is 0 Å². The van der Waals surface area contributed by atoms with Gasteiger partial charge in [0.1, 0.15) is 0 Å². The molecule has 4 spiro atoms. The molecule has 2 N–H and O–H groups in total. The fourth-order valence-corrected chi connectivity index (χ4v) is 13.1. The smallest absolute Gasteiger partial charge is 0.870 e. The maximum Gasteiger partial charge on any atom is 1.00 e. The van der Waals surface area contributed by atoms with Crippen LogP contribution in [0.2, 0.25) is 0 Å². The van der Waals surface area contributed by atoms with Crippen LogP contribution in [0.4, 0.5) is 0 Å². The Bertz CT molecular complexity index is 1190. The molecule has 10 aliphatic carbocycles. The largest absolute Gasteiger partial charge is 1.00 e. The van der Waals surface area contributed by atoms with Crippen molar-refractivity contribution in [3.8, 4) is 0 Å². The third-order valence-corrected chi connectivity index (χ3v) is 14.6. The molecule has 11 nitrogen and oxygen atoms in total. The SMILES string of the molecule is C.C.C.COC(=O)C[C@@H]1CCC[C@]2(C1)OOC1(O2)C2CC3CC(C2)CC1C3.O=C(O)C[C@@H]1CCC[C@]2(C1)OOC1(O2)C2CC3CC(C2)CC1C3.[Na+].[OH-]. The van der Waals surface area contributed by atoms with Crippen molar-refractivity contribution in [3.63, 3.8) is 0 Å². The molecular formula is C40H67NaO11. The number of hydrogen-bond donors (Lipinski definition) is 1. The van der Waals surface area contributed by atoms with E-state index in [1.807, 2.05) is 0 Å². The minimum absolute atomic E-state index is 0. The van der Waals surface area contributed by atoms with Crippen LogP contribution in [0, 0.1) is 59.2 Å². The predicted molar refractivity (Wildman–Crippen MR) is 186 cm³/mol. The van der Waals surface area contributed by atoms with Crippen molar-refractivity contribution in [2.75, 3.05) is 7.11 Å². The number of hydrogen-bond acceptors (Lipinski definition) is 10. The second-order valence-electron chi connectivity index (χ2n) is 17.7. The van der Waals surface area contributed by atoms with E-state index in [-0.39, 0.29) is 81.5 Å². The van der Waals surface area contributed by atoms with Crippen LogP contribution in [-0.4, -0.2) is 52.8 Å². The summed E-state index contributed by atoms with van der Waals surface area (Å²) in [4.78, 5) is 46.5. The van der Waals surface area contributed by atoms with Crippen molar-refractivity contribution in [2.24, 2.45) is 59.2 Å². The van der Waals surface area contributed by atoms with Crippen molar-refractivity contribution >= 4 is 11.9 Å². The molecule has 12 rings (SSSR count). The van der Waals surface area contributed by atoms with Gasteiger partial charge in [0.05, 0.1) is 7.11 Å². The normalized spacial score (nSPS) is 48.1. The Balaban J connectivity index is 0.000000212. The van der Waals surface area contributed by atoms with Gasteiger partial charge in [-0.25, -0.2) is 0 Å². The maximum atomic E-state index is 11.6. The van der Waals surface area contributed by atoms with Crippen molar-refractivity contribution in [1.29, 1.82) is 0 Å². The molecule has 0 unspecified atom stereocenters. The number of carbonyl (C=O) groups excluding carboxylic acids is 1. The van der Waals surface area contributed by atoms with Crippen LogP contribution in [0.3, 0.4) is 0 Å². The van der Waals surface area contributed by atoms with Gasteiger partial charge in [-0.1, -0.05) is 22.3 Å².